The van der Waals surface area contributed by atoms with E-state index in [-0.39, 0.29) is 6.10 Å². The van der Waals surface area contributed by atoms with Gasteiger partial charge >= 0.3 is 0 Å². The van der Waals surface area contributed by atoms with E-state index in [1.807, 2.05) is 6.08 Å². The summed E-state index contributed by atoms with van der Waals surface area (Å²) in [5.74, 6) is 1.91. The van der Waals surface area contributed by atoms with Gasteiger partial charge in [-0.1, -0.05) is 26.2 Å². The summed E-state index contributed by atoms with van der Waals surface area (Å²) in [5.41, 5.74) is 0. The molecule has 0 bridgehead atoms. The first-order valence-electron chi connectivity index (χ1n) is 5.30. The SMILES string of the molecule is CC(C1CCC1)C(O)C1=CCCO1. The van der Waals surface area contributed by atoms with Gasteiger partial charge in [-0.15, -0.1) is 0 Å². The van der Waals surface area contributed by atoms with Crippen LogP contribution < -0.4 is 0 Å². The largest absolute Gasteiger partial charge is 0.495 e. The standard InChI is InChI=1S/C11H18O2/c1-8(9-4-2-5-9)11(12)10-6-3-7-13-10/h6,8-9,11-12H,2-5,7H2,1H3. The molecule has 2 rings (SSSR count). The molecule has 1 heterocycles. The average molecular weight is 182 g/mol. The molecule has 2 heteroatoms. The van der Waals surface area contributed by atoms with Gasteiger partial charge in [-0.2, -0.15) is 0 Å². The number of aliphatic hydroxyl groups excluding tert-OH is 1. The van der Waals surface area contributed by atoms with E-state index < -0.39 is 0 Å². The second kappa shape index (κ2) is 3.70. The summed E-state index contributed by atoms with van der Waals surface area (Å²) in [5, 5.41) is 9.96. The Hall–Kier alpha value is -0.500. The molecular weight excluding hydrogens is 164 g/mol. The van der Waals surface area contributed by atoms with Crippen LogP contribution in [0, 0.1) is 11.8 Å². The molecule has 13 heavy (non-hydrogen) atoms. The van der Waals surface area contributed by atoms with Crippen molar-refractivity contribution in [3.63, 3.8) is 0 Å². The molecule has 0 saturated heterocycles. The lowest BCUT2D eigenvalue weighted by Crippen LogP contribution is -2.31. The molecule has 1 saturated carbocycles. The number of rotatable bonds is 3. The number of hydrogen-bond acceptors (Lipinski definition) is 2. The van der Waals surface area contributed by atoms with Crippen molar-refractivity contribution in [1.82, 2.24) is 0 Å². The van der Waals surface area contributed by atoms with E-state index in [9.17, 15) is 5.11 Å². The van der Waals surface area contributed by atoms with Gasteiger partial charge in [-0.05, 0) is 17.9 Å². The van der Waals surface area contributed by atoms with Crippen molar-refractivity contribution in [1.29, 1.82) is 0 Å². The summed E-state index contributed by atoms with van der Waals surface area (Å²) in [6.07, 6.45) is 6.54. The van der Waals surface area contributed by atoms with Crippen molar-refractivity contribution in [3.8, 4) is 0 Å². The molecule has 2 unspecified atom stereocenters. The predicted molar refractivity (Wildman–Crippen MR) is 51.2 cm³/mol. The maximum Gasteiger partial charge on any atom is 0.121 e. The van der Waals surface area contributed by atoms with Gasteiger partial charge in [-0.3, -0.25) is 0 Å². The van der Waals surface area contributed by atoms with Gasteiger partial charge < -0.3 is 9.84 Å². The molecule has 0 aromatic carbocycles. The highest BCUT2D eigenvalue weighted by molar-refractivity contribution is 5.06. The maximum absolute atomic E-state index is 9.96. The van der Waals surface area contributed by atoms with Gasteiger partial charge in [-0.25, -0.2) is 0 Å². The number of ether oxygens (including phenoxy) is 1. The lowest BCUT2D eigenvalue weighted by Gasteiger charge is -2.34. The fraction of sp³-hybridized carbons (Fsp3) is 0.818. The molecule has 74 valence electrons. The highest BCUT2D eigenvalue weighted by Crippen LogP contribution is 2.37. The molecule has 2 nitrogen and oxygen atoms in total. The molecule has 1 N–H and O–H groups in total. The van der Waals surface area contributed by atoms with Crippen LogP contribution in [0.4, 0.5) is 0 Å². The topological polar surface area (TPSA) is 29.5 Å². The summed E-state index contributed by atoms with van der Waals surface area (Å²) in [4.78, 5) is 0. The van der Waals surface area contributed by atoms with E-state index in [2.05, 4.69) is 6.92 Å². The first kappa shape index (κ1) is 9.07. The molecule has 1 aliphatic heterocycles. The maximum atomic E-state index is 9.96. The zero-order chi connectivity index (χ0) is 9.26. The molecule has 1 aliphatic carbocycles. The van der Waals surface area contributed by atoms with Crippen LogP contribution in [0.5, 0.6) is 0 Å². The molecule has 0 aromatic rings. The second-order valence-corrected chi connectivity index (χ2v) is 4.24. The van der Waals surface area contributed by atoms with E-state index >= 15 is 0 Å². The summed E-state index contributed by atoms with van der Waals surface area (Å²) in [7, 11) is 0. The Morgan fingerprint density at radius 2 is 2.31 bits per heavy atom. The first-order chi connectivity index (χ1) is 6.29. The summed E-state index contributed by atoms with van der Waals surface area (Å²) >= 11 is 0. The van der Waals surface area contributed by atoms with E-state index in [0.29, 0.717) is 5.92 Å². The van der Waals surface area contributed by atoms with Gasteiger partial charge in [0.05, 0.1) is 6.61 Å². The second-order valence-electron chi connectivity index (χ2n) is 4.24. The highest BCUT2D eigenvalue weighted by atomic mass is 16.5. The average Bonchev–Trinajstić information content (AvgIpc) is 2.51. The zero-order valence-electron chi connectivity index (χ0n) is 8.20. The lowest BCUT2D eigenvalue weighted by molar-refractivity contribution is 0.0368. The third-order valence-corrected chi connectivity index (χ3v) is 3.42. The fourth-order valence-electron chi connectivity index (χ4n) is 2.13. The third-order valence-electron chi connectivity index (χ3n) is 3.42. The van der Waals surface area contributed by atoms with Gasteiger partial charge in [0.15, 0.2) is 0 Å². The van der Waals surface area contributed by atoms with Crippen LogP contribution in [-0.2, 0) is 4.74 Å². The minimum Gasteiger partial charge on any atom is -0.495 e. The van der Waals surface area contributed by atoms with Crippen LogP contribution in [0.1, 0.15) is 32.6 Å². The Balaban J connectivity index is 1.90. The van der Waals surface area contributed by atoms with Crippen molar-refractivity contribution in [2.45, 2.75) is 38.7 Å². The normalized spacial score (nSPS) is 27.4. The van der Waals surface area contributed by atoms with E-state index in [1.54, 1.807) is 0 Å². The molecule has 0 radical (unpaired) electrons. The van der Waals surface area contributed by atoms with Crippen molar-refractivity contribution in [3.05, 3.63) is 11.8 Å². The molecule has 0 aromatic heterocycles. The zero-order valence-corrected chi connectivity index (χ0v) is 8.20. The Kier molecular flexibility index (Phi) is 2.58. The Bertz CT molecular complexity index is 206. The minimum absolute atomic E-state index is 0.354. The van der Waals surface area contributed by atoms with Crippen LogP contribution in [0.15, 0.2) is 11.8 Å². The van der Waals surface area contributed by atoms with Gasteiger partial charge in [0.2, 0.25) is 0 Å². The number of aliphatic hydroxyl groups is 1. The van der Waals surface area contributed by atoms with Crippen molar-refractivity contribution in [2.75, 3.05) is 6.61 Å². The quantitative estimate of drug-likeness (QED) is 0.724. The van der Waals surface area contributed by atoms with Crippen molar-refractivity contribution >= 4 is 0 Å². The first-order valence-corrected chi connectivity index (χ1v) is 5.30. The third kappa shape index (κ3) is 1.73. The smallest absolute Gasteiger partial charge is 0.121 e. The predicted octanol–water partition coefficient (Wildman–Crippen LogP) is 2.09. The minimum atomic E-state index is -0.354. The van der Waals surface area contributed by atoms with E-state index in [4.69, 9.17) is 4.74 Å². The molecule has 2 atom stereocenters. The van der Waals surface area contributed by atoms with Crippen molar-refractivity contribution < 1.29 is 9.84 Å². The monoisotopic (exact) mass is 182 g/mol. The molecule has 1 fully saturated rings. The molecule has 0 amide bonds. The van der Waals surface area contributed by atoms with Gasteiger partial charge in [0, 0.05) is 6.42 Å². The molecule has 0 spiro atoms. The molecule has 2 aliphatic rings. The van der Waals surface area contributed by atoms with Crippen LogP contribution in [0.3, 0.4) is 0 Å². The number of hydrogen-bond donors (Lipinski definition) is 1. The molecular formula is C11H18O2. The van der Waals surface area contributed by atoms with Crippen LogP contribution >= 0.6 is 0 Å². The van der Waals surface area contributed by atoms with Crippen molar-refractivity contribution in [2.24, 2.45) is 11.8 Å². The highest BCUT2D eigenvalue weighted by Gasteiger charge is 2.32. The van der Waals surface area contributed by atoms with Crippen LogP contribution in [-0.4, -0.2) is 17.8 Å². The van der Waals surface area contributed by atoms with Gasteiger partial charge in [0.25, 0.3) is 0 Å². The Morgan fingerprint density at radius 1 is 1.54 bits per heavy atom. The lowest BCUT2D eigenvalue weighted by atomic mass is 9.74. The Morgan fingerprint density at radius 3 is 2.77 bits per heavy atom. The Labute approximate surface area is 79.6 Å². The van der Waals surface area contributed by atoms with Crippen LogP contribution in [0.25, 0.3) is 0 Å². The van der Waals surface area contributed by atoms with Crippen LogP contribution in [0.2, 0.25) is 0 Å². The summed E-state index contributed by atoms with van der Waals surface area (Å²) in [6, 6.07) is 0. The van der Waals surface area contributed by atoms with E-state index in [1.165, 1.54) is 19.3 Å². The summed E-state index contributed by atoms with van der Waals surface area (Å²) in [6.45, 7) is 2.89. The van der Waals surface area contributed by atoms with E-state index in [0.717, 1.165) is 24.7 Å². The summed E-state index contributed by atoms with van der Waals surface area (Å²) < 4.78 is 5.37. The fourth-order valence-corrected chi connectivity index (χ4v) is 2.13. The van der Waals surface area contributed by atoms with Gasteiger partial charge in [0.1, 0.15) is 11.9 Å².